The van der Waals surface area contributed by atoms with Gasteiger partial charge in [-0.1, -0.05) is 18.2 Å². The van der Waals surface area contributed by atoms with Crippen molar-refractivity contribution in [3.63, 3.8) is 0 Å². The van der Waals surface area contributed by atoms with Gasteiger partial charge in [0, 0.05) is 38.4 Å². The van der Waals surface area contributed by atoms with Gasteiger partial charge in [-0.3, -0.25) is 4.79 Å². The van der Waals surface area contributed by atoms with Crippen LogP contribution in [0.4, 0.5) is 5.69 Å². The number of benzene rings is 1. The monoisotopic (exact) mass is 327 g/mol. The Morgan fingerprint density at radius 3 is 2.62 bits per heavy atom. The van der Waals surface area contributed by atoms with Gasteiger partial charge in [0.25, 0.3) is 0 Å². The van der Waals surface area contributed by atoms with Crippen LogP contribution in [0.2, 0.25) is 0 Å². The first kappa shape index (κ1) is 15.9. The summed E-state index contributed by atoms with van der Waals surface area (Å²) in [5.74, 6) is 1.40. The Bertz CT molecular complexity index is 609. The Labute approximate surface area is 145 Å². The van der Waals surface area contributed by atoms with Crippen LogP contribution in [0.15, 0.2) is 24.3 Å². The lowest BCUT2D eigenvalue weighted by atomic mass is 9.84. The number of para-hydroxylation sites is 1. The van der Waals surface area contributed by atoms with Crippen molar-refractivity contribution in [2.24, 2.45) is 23.5 Å². The first-order valence-electron chi connectivity index (χ1n) is 9.48. The Morgan fingerprint density at radius 2 is 1.92 bits per heavy atom. The SMILES string of the molecule is CN(Cc1ccccc1N1CCCC1)C(=O)C1C2CCC(C2)C1N. The van der Waals surface area contributed by atoms with Crippen LogP contribution in [0.25, 0.3) is 0 Å². The van der Waals surface area contributed by atoms with E-state index >= 15 is 0 Å². The van der Waals surface area contributed by atoms with Crippen molar-refractivity contribution in [1.82, 2.24) is 4.90 Å². The largest absolute Gasteiger partial charge is 0.371 e. The second-order valence-corrected chi connectivity index (χ2v) is 7.95. The third-order valence-electron chi connectivity index (χ3n) is 6.49. The topological polar surface area (TPSA) is 49.6 Å². The van der Waals surface area contributed by atoms with Crippen molar-refractivity contribution in [3.8, 4) is 0 Å². The van der Waals surface area contributed by atoms with E-state index in [1.165, 1.54) is 36.9 Å². The van der Waals surface area contributed by atoms with E-state index in [9.17, 15) is 4.79 Å². The van der Waals surface area contributed by atoms with Gasteiger partial charge < -0.3 is 15.5 Å². The Balaban J connectivity index is 1.48. The number of nitrogens with two attached hydrogens (primary N) is 1. The van der Waals surface area contributed by atoms with Crippen LogP contribution in [-0.2, 0) is 11.3 Å². The standard InChI is InChI=1S/C20H29N3O/c1-22(20(24)18-14-8-9-15(12-14)19(18)21)13-16-6-2-3-7-17(16)23-10-4-5-11-23/h2-3,6-7,14-15,18-19H,4-5,8-13,21H2,1H3. The highest BCUT2D eigenvalue weighted by Gasteiger charge is 2.49. The van der Waals surface area contributed by atoms with E-state index in [0.29, 0.717) is 18.4 Å². The molecule has 1 aliphatic heterocycles. The number of carbonyl (C=O) groups excluding carboxylic acids is 1. The predicted molar refractivity (Wildman–Crippen MR) is 96.7 cm³/mol. The second-order valence-electron chi connectivity index (χ2n) is 7.95. The van der Waals surface area contributed by atoms with Crippen molar-refractivity contribution in [3.05, 3.63) is 29.8 Å². The molecule has 1 amide bonds. The molecule has 1 aromatic carbocycles. The van der Waals surface area contributed by atoms with Crippen molar-refractivity contribution in [1.29, 1.82) is 0 Å². The minimum absolute atomic E-state index is 0.0488. The molecule has 4 rings (SSSR count). The molecule has 24 heavy (non-hydrogen) atoms. The van der Waals surface area contributed by atoms with Crippen LogP contribution in [0.3, 0.4) is 0 Å². The Morgan fingerprint density at radius 1 is 1.21 bits per heavy atom. The number of amides is 1. The van der Waals surface area contributed by atoms with Crippen LogP contribution in [0.5, 0.6) is 0 Å². The fourth-order valence-electron chi connectivity index (χ4n) is 5.20. The molecule has 4 heteroatoms. The van der Waals surface area contributed by atoms with Crippen molar-refractivity contribution >= 4 is 11.6 Å². The number of hydrogen-bond donors (Lipinski definition) is 1. The molecule has 2 N–H and O–H groups in total. The molecule has 4 unspecified atom stereocenters. The third kappa shape index (κ3) is 2.71. The number of carbonyl (C=O) groups is 1. The van der Waals surface area contributed by atoms with E-state index in [0.717, 1.165) is 19.5 Å². The predicted octanol–water partition coefficient (Wildman–Crippen LogP) is 2.62. The molecule has 2 saturated carbocycles. The van der Waals surface area contributed by atoms with Crippen molar-refractivity contribution < 1.29 is 4.79 Å². The molecule has 0 aromatic heterocycles. The molecule has 3 aliphatic rings. The normalized spacial score (nSPS) is 31.7. The molecule has 130 valence electrons. The maximum Gasteiger partial charge on any atom is 0.227 e. The fourth-order valence-corrected chi connectivity index (χ4v) is 5.20. The lowest BCUT2D eigenvalue weighted by Crippen LogP contribution is -2.45. The minimum atomic E-state index is 0.0488. The minimum Gasteiger partial charge on any atom is -0.371 e. The molecule has 1 aromatic rings. The highest BCUT2D eigenvalue weighted by atomic mass is 16.2. The summed E-state index contributed by atoms with van der Waals surface area (Å²) in [4.78, 5) is 17.4. The summed E-state index contributed by atoms with van der Waals surface area (Å²) < 4.78 is 0. The smallest absolute Gasteiger partial charge is 0.227 e. The Hall–Kier alpha value is -1.55. The third-order valence-corrected chi connectivity index (χ3v) is 6.49. The van der Waals surface area contributed by atoms with E-state index in [1.54, 1.807) is 0 Å². The summed E-state index contributed by atoms with van der Waals surface area (Å²) in [7, 11) is 1.95. The molecular weight excluding hydrogens is 298 g/mol. The van der Waals surface area contributed by atoms with E-state index in [4.69, 9.17) is 5.73 Å². The van der Waals surface area contributed by atoms with Gasteiger partial charge >= 0.3 is 0 Å². The van der Waals surface area contributed by atoms with Gasteiger partial charge in [0.15, 0.2) is 0 Å². The van der Waals surface area contributed by atoms with Gasteiger partial charge in [-0.25, -0.2) is 0 Å². The summed E-state index contributed by atoms with van der Waals surface area (Å²) in [5, 5.41) is 0. The molecule has 4 atom stereocenters. The zero-order valence-corrected chi connectivity index (χ0v) is 14.7. The van der Waals surface area contributed by atoms with E-state index in [2.05, 4.69) is 29.2 Å². The lowest BCUT2D eigenvalue weighted by molar-refractivity contribution is -0.136. The Kier molecular flexibility index (Phi) is 4.25. The summed E-state index contributed by atoms with van der Waals surface area (Å²) in [6.45, 7) is 2.95. The zero-order valence-electron chi connectivity index (χ0n) is 14.7. The molecule has 1 heterocycles. The first-order valence-corrected chi connectivity index (χ1v) is 9.48. The number of hydrogen-bond acceptors (Lipinski definition) is 3. The maximum atomic E-state index is 13.0. The molecule has 0 radical (unpaired) electrons. The van der Waals surface area contributed by atoms with Gasteiger partial charge in [0.05, 0.1) is 5.92 Å². The zero-order chi connectivity index (χ0) is 16.7. The van der Waals surface area contributed by atoms with Crippen molar-refractivity contribution in [2.75, 3.05) is 25.0 Å². The van der Waals surface area contributed by atoms with Gasteiger partial charge in [-0.15, -0.1) is 0 Å². The molecule has 1 saturated heterocycles. The van der Waals surface area contributed by atoms with Crippen LogP contribution in [-0.4, -0.2) is 37.0 Å². The highest BCUT2D eigenvalue weighted by molar-refractivity contribution is 5.80. The van der Waals surface area contributed by atoms with Crippen LogP contribution in [0.1, 0.15) is 37.7 Å². The van der Waals surface area contributed by atoms with E-state index in [-0.39, 0.29) is 17.9 Å². The second kappa shape index (κ2) is 6.40. The van der Waals surface area contributed by atoms with Crippen LogP contribution >= 0.6 is 0 Å². The van der Waals surface area contributed by atoms with Crippen LogP contribution < -0.4 is 10.6 Å². The number of fused-ring (bicyclic) bond motifs is 2. The van der Waals surface area contributed by atoms with E-state index in [1.807, 2.05) is 11.9 Å². The number of anilines is 1. The van der Waals surface area contributed by atoms with Gasteiger partial charge in [0.2, 0.25) is 5.91 Å². The molecule has 2 aliphatic carbocycles. The lowest BCUT2D eigenvalue weighted by Gasteiger charge is -2.31. The quantitative estimate of drug-likeness (QED) is 0.925. The van der Waals surface area contributed by atoms with Gasteiger partial charge in [-0.05, 0) is 55.6 Å². The van der Waals surface area contributed by atoms with Gasteiger partial charge in [0.1, 0.15) is 0 Å². The summed E-state index contributed by atoms with van der Waals surface area (Å²) in [6, 6.07) is 8.62. The van der Waals surface area contributed by atoms with Crippen molar-refractivity contribution in [2.45, 2.75) is 44.7 Å². The summed E-state index contributed by atoms with van der Waals surface area (Å²) in [5.41, 5.74) is 8.92. The highest BCUT2D eigenvalue weighted by Crippen LogP contribution is 2.48. The molecule has 3 fully saturated rings. The molecule has 4 nitrogen and oxygen atoms in total. The van der Waals surface area contributed by atoms with E-state index < -0.39 is 0 Å². The average Bonchev–Trinajstić information content (AvgIpc) is 3.32. The number of rotatable bonds is 4. The average molecular weight is 327 g/mol. The molecule has 2 bridgehead atoms. The maximum absolute atomic E-state index is 13.0. The summed E-state index contributed by atoms with van der Waals surface area (Å²) in [6.07, 6.45) is 6.10. The number of nitrogens with zero attached hydrogens (tertiary/aromatic N) is 2. The van der Waals surface area contributed by atoms with Crippen LogP contribution in [0, 0.1) is 17.8 Å². The fraction of sp³-hybridized carbons (Fsp3) is 0.650. The molecular formula is C20H29N3O. The first-order chi connectivity index (χ1) is 11.6. The summed E-state index contributed by atoms with van der Waals surface area (Å²) >= 11 is 0. The van der Waals surface area contributed by atoms with Gasteiger partial charge in [-0.2, -0.15) is 0 Å². The molecule has 0 spiro atoms.